The molecule has 0 radical (unpaired) electrons. The lowest BCUT2D eigenvalue weighted by Crippen LogP contribution is -1.87. The fourth-order valence-electron chi connectivity index (χ4n) is 7.24. The summed E-state index contributed by atoms with van der Waals surface area (Å²) in [5.41, 5.74) is 46.7. The molecule has 85 heavy (non-hydrogen) atoms. The van der Waals surface area contributed by atoms with E-state index in [1.54, 1.807) is 0 Å². The minimum absolute atomic E-state index is 0. The Morgan fingerprint density at radius 3 is 0.447 bits per heavy atom. The number of benzene rings is 12. The highest BCUT2D eigenvalue weighted by atomic mass is 14.5. The second-order valence-electron chi connectivity index (χ2n) is 16.1. The van der Waals surface area contributed by atoms with Gasteiger partial charge in [-0.2, -0.15) is 0 Å². The molecular weight excluding hydrogens is 1040 g/mol. The maximum Gasteiger partial charge on any atom is -0.0105 e. The molecule has 0 unspecified atom stereocenters. The van der Waals surface area contributed by atoms with E-state index in [-0.39, 0.29) is 14.9 Å². The number of hydrogen-bond acceptors (Lipinski definition) is 10. The van der Waals surface area contributed by atoms with Crippen molar-refractivity contribution >= 4 is 75.4 Å². The first-order valence-corrected chi connectivity index (χ1v) is 28.3. The highest BCUT2D eigenvalue weighted by molar-refractivity contribution is 6.07. The van der Waals surface area contributed by atoms with Crippen LogP contribution in [0.2, 0.25) is 0 Å². The summed E-state index contributed by atoms with van der Waals surface area (Å²) >= 11 is 0. The van der Waals surface area contributed by atoms with Crippen molar-refractivity contribution in [2.45, 2.75) is 49.5 Å². The highest BCUT2D eigenvalue weighted by Crippen LogP contribution is 2.25. The summed E-state index contributed by atoms with van der Waals surface area (Å²) in [6, 6.07) is 92.9. The predicted octanol–water partition coefficient (Wildman–Crippen LogP) is 15.5. The number of fused-ring (bicyclic) bond motifs is 8. The van der Waals surface area contributed by atoms with Crippen LogP contribution in [-0.2, 0) is 0 Å². The van der Waals surface area contributed by atoms with Crippen molar-refractivity contribution in [2.24, 2.45) is 57.3 Å². The first-order chi connectivity index (χ1) is 40.9. The van der Waals surface area contributed by atoms with Crippen LogP contribution in [-0.4, -0.2) is 68.0 Å². The predicted molar refractivity (Wildman–Crippen MR) is 392 cm³/mol. The quantitative estimate of drug-likeness (QED) is 0.0507. The summed E-state index contributed by atoms with van der Waals surface area (Å²) < 4.78 is 0. The molecule has 462 valence electrons. The van der Waals surface area contributed by atoms with Crippen LogP contribution in [0, 0.1) is 0 Å². The van der Waals surface area contributed by atoms with Crippen LogP contribution >= 0.6 is 0 Å². The molecule has 12 aromatic carbocycles. The summed E-state index contributed by atoms with van der Waals surface area (Å²) in [6.07, 6.45) is 0. The van der Waals surface area contributed by atoms with Gasteiger partial charge in [0.2, 0.25) is 0 Å². The van der Waals surface area contributed by atoms with Gasteiger partial charge in [-0.3, -0.25) is 0 Å². The molecule has 0 saturated heterocycles. The fourth-order valence-corrected chi connectivity index (χ4v) is 7.24. The maximum atomic E-state index is 4.85. The van der Waals surface area contributed by atoms with Gasteiger partial charge in [-0.25, -0.2) is 0 Å². The molecule has 0 fully saturated rings. The van der Waals surface area contributed by atoms with E-state index in [2.05, 4.69) is 259 Å². The zero-order valence-corrected chi connectivity index (χ0v) is 51.7. The lowest BCUT2D eigenvalue weighted by atomic mass is 10.0. The van der Waals surface area contributed by atoms with Crippen molar-refractivity contribution in [2.75, 3.05) is 68.0 Å². The average molecular weight is 1150 g/mol. The summed E-state index contributed by atoms with van der Waals surface area (Å²) in [5.74, 6) is 0. The van der Waals surface area contributed by atoms with Crippen LogP contribution < -0.4 is 57.3 Å². The van der Waals surface area contributed by atoms with E-state index in [0.29, 0.717) is 0 Å². The van der Waals surface area contributed by atoms with Crippen LogP contribution in [0.15, 0.2) is 267 Å². The Hall–Kier alpha value is -7.94. The van der Waals surface area contributed by atoms with Gasteiger partial charge in [-0.15, -0.1) is 0 Å². The third-order valence-electron chi connectivity index (χ3n) is 10.2. The third-order valence-corrected chi connectivity index (χ3v) is 10.2. The Morgan fingerprint density at radius 1 is 0.176 bits per heavy atom. The molecule has 0 aliphatic heterocycles. The number of hydrogen-bond donors (Lipinski definition) is 10. The molecule has 0 aliphatic carbocycles. The van der Waals surface area contributed by atoms with Crippen molar-refractivity contribution in [3.63, 3.8) is 0 Å². The molecule has 10 heteroatoms. The Morgan fingerprint density at radius 2 is 0.294 bits per heavy atom. The molecular formula is C75H112N10. The Bertz CT molecular complexity index is 2810. The van der Waals surface area contributed by atoms with Crippen molar-refractivity contribution < 1.29 is 0 Å². The average Bonchev–Trinajstić information content (AvgIpc) is 3.58. The monoisotopic (exact) mass is 1150 g/mol. The first-order valence-electron chi connectivity index (χ1n) is 28.3. The summed E-state index contributed by atoms with van der Waals surface area (Å²) in [7, 11) is 7.50. The molecule has 0 aromatic heterocycles. The van der Waals surface area contributed by atoms with Crippen LogP contribution in [0.4, 0.5) is 0 Å². The SMILES string of the molecule is C.C.CCN.CCN.CCN.CCN.CCN.CN.CN.CN.CN.CN.c1ccc2c(c1)ccc1ccccc12.c1ccc2cc3ccccc3cc2c1.c1ccc2cc3ccccc3cc2c1.c1ccc2ccccc2c1.c1ccccc1. The largest absolute Gasteiger partial charge is 0.333 e. The fraction of sp³-hybridized carbons (Fsp3) is 0.227. The Kier molecular flexibility index (Phi) is 62.7. The van der Waals surface area contributed by atoms with E-state index >= 15 is 0 Å². The topological polar surface area (TPSA) is 260 Å². The van der Waals surface area contributed by atoms with Gasteiger partial charge in [-0.1, -0.05) is 292 Å². The molecule has 0 aliphatic rings. The molecule has 0 heterocycles. The zero-order valence-electron chi connectivity index (χ0n) is 51.7. The van der Waals surface area contributed by atoms with Gasteiger partial charge in [0.05, 0.1) is 0 Å². The molecule has 0 bridgehead atoms. The molecule has 0 atom stereocenters. The third kappa shape index (κ3) is 36.4. The highest BCUT2D eigenvalue weighted by Gasteiger charge is 1.98. The van der Waals surface area contributed by atoms with Crippen LogP contribution in [0.25, 0.3) is 75.4 Å². The zero-order chi connectivity index (χ0) is 62.7. The van der Waals surface area contributed by atoms with Gasteiger partial charge in [0, 0.05) is 0 Å². The lowest BCUT2D eigenvalue weighted by molar-refractivity contribution is 1.14. The van der Waals surface area contributed by atoms with E-state index in [0.717, 1.165) is 32.7 Å². The standard InChI is InChI=1S/3C14H10.C10H8.C6H6.5C2H7N.5CH5N.2CH4/c1-3-7-13-11(5-1)9-10-12-6-2-4-8-14(12)13;2*1-2-6-12-10-14-8-4-3-7-13(14)9-11(12)5-1;1-2-6-10-8-4-3-7-9(10)5-1;1-2-4-6-5-3-1;5*1-2-3;5*1-2;;/h3*1-10H;1-8H;1-6H;5*2-3H2,1H3;5*2H2,1H3;2*1H4. The molecule has 20 N–H and O–H groups in total. The maximum absolute atomic E-state index is 4.85. The van der Waals surface area contributed by atoms with Crippen molar-refractivity contribution in [1.82, 2.24) is 0 Å². The molecule has 0 amide bonds. The molecule has 12 aromatic rings. The van der Waals surface area contributed by atoms with Crippen LogP contribution in [0.3, 0.4) is 0 Å². The minimum Gasteiger partial charge on any atom is -0.333 e. The second-order valence-corrected chi connectivity index (χ2v) is 16.1. The molecule has 10 nitrogen and oxygen atoms in total. The van der Waals surface area contributed by atoms with Crippen molar-refractivity contribution in [3.05, 3.63) is 267 Å². The number of rotatable bonds is 0. The summed E-state index contributed by atoms with van der Waals surface area (Å²) in [6.45, 7) is 13.3. The van der Waals surface area contributed by atoms with Gasteiger partial charge in [-0.05, 0) is 168 Å². The van der Waals surface area contributed by atoms with Gasteiger partial charge >= 0.3 is 0 Å². The van der Waals surface area contributed by atoms with E-state index < -0.39 is 0 Å². The van der Waals surface area contributed by atoms with Gasteiger partial charge in [0.1, 0.15) is 0 Å². The van der Waals surface area contributed by atoms with E-state index in [9.17, 15) is 0 Å². The second kappa shape index (κ2) is 62.1. The van der Waals surface area contributed by atoms with Crippen LogP contribution in [0.1, 0.15) is 49.5 Å². The normalized spacial score (nSPS) is 8.52. The first kappa shape index (κ1) is 85.9. The van der Waals surface area contributed by atoms with Crippen LogP contribution in [0.5, 0.6) is 0 Å². The van der Waals surface area contributed by atoms with Crippen molar-refractivity contribution in [1.29, 1.82) is 0 Å². The smallest absolute Gasteiger partial charge is 0.0105 e. The van der Waals surface area contributed by atoms with Gasteiger partial charge < -0.3 is 57.3 Å². The van der Waals surface area contributed by atoms with E-state index in [1.807, 2.05) is 71.0 Å². The Balaban J connectivity index is -0.000000288. The van der Waals surface area contributed by atoms with E-state index in [1.165, 1.54) is 111 Å². The molecule has 12 rings (SSSR count). The van der Waals surface area contributed by atoms with E-state index in [4.69, 9.17) is 28.7 Å². The number of nitrogens with two attached hydrogens (primary N) is 10. The molecule has 0 spiro atoms. The van der Waals surface area contributed by atoms with Crippen molar-refractivity contribution in [3.8, 4) is 0 Å². The summed E-state index contributed by atoms with van der Waals surface area (Å²) in [5, 5.41) is 18.4. The Labute approximate surface area is 514 Å². The van der Waals surface area contributed by atoms with Gasteiger partial charge in [0.25, 0.3) is 0 Å². The lowest BCUT2D eigenvalue weighted by Gasteiger charge is -2.02. The summed E-state index contributed by atoms with van der Waals surface area (Å²) in [4.78, 5) is 0. The minimum atomic E-state index is 0. The molecule has 0 saturated carbocycles. The van der Waals surface area contributed by atoms with Gasteiger partial charge in [0.15, 0.2) is 0 Å².